The van der Waals surface area contributed by atoms with Gasteiger partial charge in [0.05, 0.1) is 25.2 Å². The van der Waals surface area contributed by atoms with Crippen molar-refractivity contribution in [3.05, 3.63) is 48.0 Å². The van der Waals surface area contributed by atoms with E-state index in [0.717, 1.165) is 0 Å². The molecule has 124 valence electrons. The number of carbonyl (C=O) groups excluding carboxylic acids is 3. The van der Waals surface area contributed by atoms with E-state index < -0.39 is 29.5 Å². The van der Waals surface area contributed by atoms with Crippen molar-refractivity contribution in [3.63, 3.8) is 0 Å². The molecule has 1 spiro atoms. The monoisotopic (exact) mass is 327 g/mol. The zero-order chi connectivity index (χ0) is 16.9. The molecule has 2 saturated heterocycles. The lowest BCUT2D eigenvalue weighted by Gasteiger charge is -2.22. The molecule has 0 aromatic heterocycles. The number of carbonyl (C=O) groups is 3. The number of amides is 2. The molecule has 2 bridgehead atoms. The molecule has 2 fully saturated rings. The number of esters is 1. The second kappa shape index (κ2) is 5.27. The number of nitrogens with zero attached hydrogens (tertiary/aromatic N) is 1. The predicted octanol–water partition coefficient (Wildman–Crippen LogP) is 1.17. The minimum Gasteiger partial charge on any atom is -0.466 e. The molecule has 0 N–H and O–H groups in total. The quantitative estimate of drug-likeness (QED) is 0.473. The Balaban J connectivity index is 1.65. The SMILES string of the molecule is CCOC(=O)[C@@H]1[C@H]2C(=O)N(C(=O)c3ccccc3)C[C@]23C=C[C@H]1O3. The van der Waals surface area contributed by atoms with E-state index >= 15 is 0 Å². The molecule has 3 aliphatic heterocycles. The summed E-state index contributed by atoms with van der Waals surface area (Å²) < 4.78 is 11.0. The van der Waals surface area contributed by atoms with Gasteiger partial charge in [-0.2, -0.15) is 0 Å². The second-order valence-electron chi connectivity index (χ2n) is 6.25. The number of hydrogen-bond donors (Lipinski definition) is 0. The maximum absolute atomic E-state index is 12.9. The van der Waals surface area contributed by atoms with Crippen LogP contribution in [-0.4, -0.2) is 47.5 Å². The van der Waals surface area contributed by atoms with Crippen molar-refractivity contribution in [1.29, 1.82) is 0 Å². The zero-order valence-corrected chi connectivity index (χ0v) is 13.2. The van der Waals surface area contributed by atoms with Crippen LogP contribution >= 0.6 is 0 Å². The first-order valence-corrected chi connectivity index (χ1v) is 8.02. The highest BCUT2D eigenvalue weighted by atomic mass is 16.6. The molecule has 0 aliphatic carbocycles. The van der Waals surface area contributed by atoms with E-state index in [9.17, 15) is 14.4 Å². The van der Waals surface area contributed by atoms with Crippen LogP contribution in [0.5, 0.6) is 0 Å². The normalized spacial score (nSPS) is 33.0. The van der Waals surface area contributed by atoms with Gasteiger partial charge in [-0.25, -0.2) is 0 Å². The summed E-state index contributed by atoms with van der Waals surface area (Å²) in [7, 11) is 0. The molecule has 0 unspecified atom stereocenters. The average Bonchev–Trinajstić information content (AvgIpc) is 3.23. The van der Waals surface area contributed by atoms with Crippen molar-refractivity contribution >= 4 is 17.8 Å². The third kappa shape index (κ3) is 1.96. The molecule has 4 rings (SSSR count). The van der Waals surface area contributed by atoms with E-state index in [2.05, 4.69) is 0 Å². The van der Waals surface area contributed by atoms with Crippen LogP contribution < -0.4 is 0 Å². The molecule has 3 aliphatic rings. The Bertz CT molecular complexity index is 743. The molecule has 6 nitrogen and oxygen atoms in total. The highest BCUT2D eigenvalue weighted by Gasteiger charge is 2.68. The highest BCUT2D eigenvalue weighted by molar-refractivity contribution is 6.08. The number of ether oxygens (including phenoxy) is 2. The summed E-state index contributed by atoms with van der Waals surface area (Å²) in [5.74, 6) is -2.56. The fraction of sp³-hybridized carbons (Fsp3) is 0.389. The van der Waals surface area contributed by atoms with E-state index in [4.69, 9.17) is 9.47 Å². The topological polar surface area (TPSA) is 72.9 Å². The van der Waals surface area contributed by atoms with Crippen molar-refractivity contribution in [3.8, 4) is 0 Å². The smallest absolute Gasteiger partial charge is 0.312 e. The van der Waals surface area contributed by atoms with E-state index in [0.29, 0.717) is 5.56 Å². The first-order chi connectivity index (χ1) is 11.6. The maximum atomic E-state index is 12.9. The Labute approximate surface area is 139 Å². The predicted molar refractivity (Wildman–Crippen MR) is 82.8 cm³/mol. The van der Waals surface area contributed by atoms with Crippen molar-refractivity contribution in [2.24, 2.45) is 11.8 Å². The van der Waals surface area contributed by atoms with Crippen LogP contribution in [-0.2, 0) is 19.1 Å². The van der Waals surface area contributed by atoms with Crippen LogP contribution in [0, 0.1) is 11.8 Å². The summed E-state index contributed by atoms with van der Waals surface area (Å²) in [6.45, 7) is 2.10. The van der Waals surface area contributed by atoms with E-state index in [1.807, 2.05) is 6.08 Å². The molecule has 2 amide bonds. The van der Waals surface area contributed by atoms with E-state index in [1.165, 1.54) is 4.90 Å². The van der Waals surface area contributed by atoms with Crippen LogP contribution in [0.15, 0.2) is 42.5 Å². The Hall–Kier alpha value is -2.47. The van der Waals surface area contributed by atoms with Crippen LogP contribution in [0.25, 0.3) is 0 Å². The summed E-state index contributed by atoms with van der Waals surface area (Å²) in [6, 6.07) is 8.63. The van der Waals surface area contributed by atoms with Gasteiger partial charge in [-0.1, -0.05) is 30.4 Å². The number of hydrogen-bond acceptors (Lipinski definition) is 5. The first kappa shape index (κ1) is 15.1. The van der Waals surface area contributed by atoms with Crippen molar-refractivity contribution in [2.45, 2.75) is 18.6 Å². The summed E-state index contributed by atoms with van der Waals surface area (Å²) in [6.07, 6.45) is 3.16. The maximum Gasteiger partial charge on any atom is 0.312 e. The molecule has 1 aromatic carbocycles. The van der Waals surface area contributed by atoms with Crippen LogP contribution in [0.4, 0.5) is 0 Å². The summed E-state index contributed by atoms with van der Waals surface area (Å²) in [5.41, 5.74) is -0.461. The van der Waals surface area contributed by atoms with E-state index in [-0.39, 0.29) is 25.0 Å². The van der Waals surface area contributed by atoms with Crippen molar-refractivity contribution in [1.82, 2.24) is 4.90 Å². The van der Waals surface area contributed by atoms with Gasteiger partial charge in [-0.15, -0.1) is 0 Å². The molecule has 3 heterocycles. The highest BCUT2D eigenvalue weighted by Crippen LogP contribution is 2.52. The molecule has 0 radical (unpaired) electrons. The van der Waals surface area contributed by atoms with Crippen molar-refractivity contribution < 1.29 is 23.9 Å². The fourth-order valence-electron chi connectivity index (χ4n) is 3.91. The lowest BCUT2D eigenvalue weighted by Crippen LogP contribution is -2.40. The number of benzene rings is 1. The molecule has 6 heteroatoms. The summed E-state index contributed by atoms with van der Waals surface area (Å²) >= 11 is 0. The fourth-order valence-corrected chi connectivity index (χ4v) is 3.91. The summed E-state index contributed by atoms with van der Waals surface area (Å²) in [5, 5.41) is 0. The van der Waals surface area contributed by atoms with Gasteiger partial charge < -0.3 is 9.47 Å². The Morgan fingerprint density at radius 2 is 2.08 bits per heavy atom. The molecule has 4 atom stereocenters. The van der Waals surface area contributed by atoms with Crippen molar-refractivity contribution in [2.75, 3.05) is 13.2 Å². The number of fused-ring (bicyclic) bond motifs is 1. The lowest BCUT2D eigenvalue weighted by molar-refractivity contribution is -0.153. The molecular formula is C18H17NO5. The van der Waals surface area contributed by atoms with Gasteiger partial charge >= 0.3 is 5.97 Å². The lowest BCUT2D eigenvalue weighted by atomic mass is 9.77. The Morgan fingerprint density at radius 3 is 2.79 bits per heavy atom. The minimum atomic E-state index is -0.899. The van der Waals surface area contributed by atoms with Crippen LogP contribution in [0.3, 0.4) is 0 Å². The molecular weight excluding hydrogens is 310 g/mol. The molecule has 1 aromatic rings. The van der Waals surface area contributed by atoms with Crippen LogP contribution in [0.1, 0.15) is 17.3 Å². The van der Waals surface area contributed by atoms with E-state index in [1.54, 1.807) is 43.3 Å². The van der Waals surface area contributed by atoms with Gasteiger partial charge in [0.25, 0.3) is 5.91 Å². The van der Waals surface area contributed by atoms with Gasteiger partial charge in [0.15, 0.2) is 0 Å². The second-order valence-corrected chi connectivity index (χ2v) is 6.25. The third-order valence-corrected chi connectivity index (χ3v) is 4.92. The average molecular weight is 327 g/mol. The number of rotatable bonds is 3. The largest absolute Gasteiger partial charge is 0.466 e. The minimum absolute atomic E-state index is 0.132. The van der Waals surface area contributed by atoms with Crippen LogP contribution in [0.2, 0.25) is 0 Å². The Morgan fingerprint density at radius 1 is 1.33 bits per heavy atom. The molecule has 24 heavy (non-hydrogen) atoms. The standard InChI is InChI=1S/C18H17NO5/c1-2-23-17(22)13-12-8-9-18(24-12)10-19(16(21)14(13)18)15(20)11-6-4-3-5-7-11/h3-9,12-14H,2,10H2,1H3/t12-,13+,14+,18-/m1/s1. The Kier molecular flexibility index (Phi) is 3.31. The number of imide groups is 1. The first-order valence-electron chi connectivity index (χ1n) is 8.02. The summed E-state index contributed by atoms with van der Waals surface area (Å²) in [4.78, 5) is 39.0. The third-order valence-electron chi connectivity index (χ3n) is 4.92. The van der Waals surface area contributed by atoms with Gasteiger partial charge in [0, 0.05) is 5.56 Å². The zero-order valence-electron chi connectivity index (χ0n) is 13.2. The van der Waals surface area contributed by atoms with Gasteiger partial charge in [0.1, 0.15) is 11.5 Å². The number of likely N-dealkylation sites (tertiary alicyclic amines) is 1. The van der Waals surface area contributed by atoms with Gasteiger partial charge in [-0.05, 0) is 19.1 Å². The van der Waals surface area contributed by atoms with Gasteiger partial charge in [0.2, 0.25) is 5.91 Å². The molecule has 0 saturated carbocycles. The van der Waals surface area contributed by atoms with Gasteiger partial charge in [-0.3, -0.25) is 19.3 Å².